The summed E-state index contributed by atoms with van der Waals surface area (Å²) < 4.78 is 5.26. The average Bonchev–Trinajstić information content (AvgIpc) is 3.13. The van der Waals surface area contributed by atoms with E-state index < -0.39 is 11.9 Å². The standard InChI is InChI=1S/C20H22O5S/c1-14(20(24)25-13-7-3-6-10-18(21)22)16-11-12-17(26-16)19(23)15-8-4-2-5-9-15/h2,4-5,8-9,11-12,14H,3,6-7,10,13H2,1H3,(H,21,22)/t14-/m0/s1. The number of benzene rings is 1. The molecule has 0 radical (unpaired) electrons. The zero-order chi connectivity index (χ0) is 18.9. The quantitative estimate of drug-likeness (QED) is 0.382. The molecule has 1 atom stereocenters. The normalized spacial score (nSPS) is 11.7. The van der Waals surface area contributed by atoms with Crippen LogP contribution >= 0.6 is 11.3 Å². The van der Waals surface area contributed by atoms with Crippen LogP contribution in [-0.4, -0.2) is 29.4 Å². The number of ether oxygens (including phenoxy) is 1. The maximum absolute atomic E-state index is 12.4. The molecule has 0 spiro atoms. The lowest BCUT2D eigenvalue weighted by Gasteiger charge is -2.09. The Kier molecular flexibility index (Phi) is 7.53. The van der Waals surface area contributed by atoms with E-state index in [9.17, 15) is 14.4 Å². The number of carboxylic acids is 1. The van der Waals surface area contributed by atoms with Gasteiger partial charge in [0.1, 0.15) is 0 Å². The average molecular weight is 374 g/mol. The number of ketones is 1. The molecule has 0 unspecified atom stereocenters. The molecule has 0 fully saturated rings. The predicted molar refractivity (Wildman–Crippen MR) is 99.7 cm³/mol. The second-order valence-corrected chi connectivity index (χ2v) is 7.11. The van der Waals surface area contributed by atoms with E-state index in [4.69, 9.17) is 9.84 Å². The fourth-order valence-corrected chi connectivity index (χ4v) is 3.42. The first kappa shape index (κ1) is 19.8. The molecule has 5 nitrogen and oxygen atoms in total. The van der Waals surface area contributed by atoms with Gasteiger partial charge < -0.3 is 9.84 Å². The van der Waals surface area contributed by atoms with E-state index in [2.05, 4.69) is 0 Å². The van der Waals surface area contributed by atoms with Crippen molar-refractivity contribution in [2.75, 3.05) is 6.61 Å². The number of hydrogen-bond acceptors (Lipinski definition) is 5. The van der Waals surface area contributed by atoms with Crippen LogP contribution in [0.15, 0.2) is 42.5 Å². The molecular weight excluding hydrogens is 352 g/mol. The number of carboxylic acid groups (broad SMARTS) is 1. The van der Waals surface area contributed by atoms with Crippen LogP contribution < -0.4 is 0 Å². The molecule has 0 aliphatic rings. The number of aliphatic carboxylic acids is 1. The van der Waals surface area contributed by atoms with Crippen molar-refractivity contribution < 1.29 is 24.2 Å². The van der Waals surface area contributed by atoms with Gasteiger partial charge in [0.2, 0.25) is 5.78 Å². The first-order chi connectivity index (χ1) is 12.5. The summed E-state index contributed by atoms with van der Waals surface area (Å²) in [5.74, 6) is -1.63. The first-order valence-corrected chi connectivity index (χ1v) is 9.38. The molecule has 1 N–H and O–H groups in total. The Labute approximate surface area is 156 Å². The Hall–Kier alpha value is -2.47. The fourth-order valence-electron chi connectivity index (χ4n) is 2.41. The predicted octanol–water partition coefficient (Wildman–Crippen LogP) is 4.27. The van der Waals surface area contributed by atoms with Crippen molar-refractivity contribution in [3.8, 4) is 0 Å². The van der Waals surface area contributed by atoms with Gasteiger partial charge in [-0.2, -0.15) is 0 Å². The number of carbonyl (C=O) groups excluding carboxylic acids is 2. The van der Waals surface area contributed by atoms with Gasteiger partial charge in [0.15, 0.2) is 0 Å². The molecule has 6 heteroatoms. The molecule has 0 aliphatic carbocycles. The van der Waals surface area contributed by atoms with E-state index in [0.29, 0.717) is 29.7 Å². The van der Waals surface area contributed by atoms with Crippen molar-refractivity contribution in [2.24, 2.45) is 0 Å². The molecule has 1 aromatic carbocycles. The van der Waals surface area contributed by atoms with Crippen molar-refractivity contribution in [2.45, 2.75) is 38.5 Å². The van der Waals surface area contributed by atoms with Gasteiger partial charge in [0, 0.05) is 16.9 Å². The van der Waals surface area contributed by atoms with Crippen LogP contribution in [0.3, 0.4) is 0 Å². The van der Waals surface area contributed by atoms with E-state index in [1.54, 1.807) is 31.2 Å². The van der Waals surface area contributed by atoms with E-state index >= 15 is 0 Å². The number of unbranched alkanes of at least 4 members (excludes halogenated alkanes) is 2. The summed E-state index contributed by atoms with van der Waals surface area (Å²) in [6, 6.07) is 12.6. The highest BCUT2D eigenvalue weighted by molar-refractivity contribution is 7.14. The fraction of sp³-hybridized carbons (Fsp3) is 0.350. The third-order valence-corrected chi connectivity index (χ3v) is 5.21. The molecule has 0 saturated carbocycles. The van der Waals surface area contributed by atoms with Crippen LogP contribution in [0.25, 0.3) is 0 Å². The lowest BCUT2D eigenvalue weighted by atomic mass is 10.1. The molecule has 138 valence electrons. The smallest absolute Gasteiger partial charge is 0.313 e. The second-order valence-electron chi connectivity index (χ2n) is 5.99. The number of esters is 1. The minimum absolute atomic E-state index is 0.0548. The summed E-state index contributed by atoms with van der Waals surface area (Å²) in [7, 11) is 0. The number of rotatable bonds is 10. The minimum atomic E-state index is -0.811. The van der Waals surface area contributed by atoms with Gasteiger partial charge >= 0.3 is 11.9 Å². The number of carbonyl (C=O) groups is 3. The Morgan fingerprint density at radius 3 is 2.46 bits per heavy atom. The highest BCUT2D eigenvalue weighted by Crippen LogP contribution is 2.27. The lowest BCUT2D eigenvalue weighted by Crippen LogP contribution is -2.13. The summed E-state index contributed by atoms with van der Waals surface area (Å²) in [6.45, 7) is 2.04. The van der Waals surface area contributed by atoms with Crippen LogP contribution in [0.2, 0.25) is 0 Å². The summed E-state index contributed by atoms with van der Waals surface area (Å²) in [5, 5.41) is 8.56. The Bertz CT molecular complexity index is 751. The van der Waals surface area contributed by atoms with Crippen molar-refractivity contribution >= 4 is 29.1 Å². The van der Waals surface area contributed by atoms with E-state index in [-0.39, 0.29) is 24.8 Å². The summed E-state index contributed by atoms with van der Waals surface area (Å²) in [4.78, 5) is 36.4. The van der Waals surface area contributed by atoms with Crippen molar-refractivity contribution in [3.05, 3.63) is 57.8 Å². The summed E-state index contributed by atoms with van der Waals surface area (Å²) in [5.41, 5.74) is 0.623. The third-order valence-electron chi connectivity index (χ3n) is 3.95. The van der Waals surface area contributed by atoms with Gasteiger partial charge in [0.25, 0.3) is 0 Å². The molecule has 0 bridgehead atoms. The van der Waals surface area contributed by atoms with Crippen LogP contribution in [0.1, 0.15) is 58.6 Å². The zero-order valence-electron chi connectivity index (χ0n) is 14.6. The summed E-state index contributed by atoms with van der Waals surface area (Å²) in [6.07, 6.45) is 2.08. The molecule has 2 aromatic rings. The second kappa shape index (κ2) is 9.87. The Morgan fingerprint density at radius 2 is 1.77 bits per heavy atom. The van der Waals surface area contributed by atoms with Gasteiger partial charge in [-0.15, -0.1) is 11.3 Å². The van der Waals surface area contributed by atoms with Gasteiger partial charge in [-0.25, -0.2) is 0 Å². The van der Waals surface area contributed by atoms with Crippen LogP contribution in [0.5, 0.6) is 0 Å². The highest BCUT2D eigenvalue weighted by Gasteiger charge is 2.20. The molecule has 0 aliphatic heterocycles. The van der Waals surface area contributed by atoms with Gasteiger partial charge in [-0.05, 0) is 38.3 Å². The zero-order valence-corrected chi connectivity index (χ0v) is 15.5. The number of hydrogen-bond donors (Lipinski definition) is 1. The van der Waals surface area contributed by atoms with E-state index in [1.165, 1.54) is 11.3 Å². The largest absolute Gasteiger partial charge is 0.481 e. The molecule has 0 saturated heterocycles. The van der Waals surface area contributed by atoms with Gasteiger partial charge in [-0.3, -0.25) is 14.4 Å². The SMILES string of the molecule is C[C@H](C(=O)OCCCCCC(=O)O)c1ccc(C(=O)c2ccccc2)s1. The molecular formula is C20H22O5S. The first-order valence-electron chi connectivity index (χ1n) is 8.57. The monoisotopic (exact) mass is 374 g/mol. The van der Waals surface area contributed by atoms with Crippen LogP contribution in [-0.2, 0) is 14.3 Å². The number of thiophene rings is 1. The van der Waals surface area contributed by atoms with Crippen molar-refractivity contribution in [1.82, 2.24) is 0 Å². The Morgan fingerprint density at radius 1 is 1.04 bits per heavy atom. The minimum Gasteiger partial charge on any atom is -0.481 e. The Balaban J connectivity index is 1.83. The molecule has 0 amide bonds. The molecule has 1 aromatic heterocycles. The maximum atomic E-state index is 12.4. The van der Waals surface area contributed by atoms with Crippen molar-refractivity contribution in [1.29, 1.82) is 0 Å². The molecule has 1 heterocycles. The van der Waals surface area contributed by atoms with E-state index in [1.807, 2.05) is 18.2 Å². The highest BCUT2D eigenvalue weighted by atomic mass is 32.1. The summed E-state index contributed by atoms with van der Waals surface area (Å²) >= 11 is 1.31. The van der Waals surface area contributed by atoms with E-state index in [0.717, 1.165) is 4.88 Å². The topological polar surface area (TPSA) is 80.7 Å². The van der Waals surface area contributed by atoms with Gasteiger partial charge in [-0.1, -0.05) is 30.3 Å². The van der Waals surface area contributed by atoms with Gasteiger partial charge in [0.05, 0.1) is 17.4 Å². The van der Waals surface area contributed by atoms with Crippen LogP contribution in [0, 0.1) is 0 Å². The van der Waals surface area contributed by atoms with Crippen molar-refractivity contribution in [3.63, 3.8) is 0 Å². The lowest BCUT2D eigenvalue weighted by molar-refractivity contribution is -0.145. The molecule has 2 rings (SSSR count). The maximum Gasteiger partial charge on any atom is 0.313 e. The van der Waals surface area contributed by atoms with Crippen LogP contribution in [0.4, 0.5) is 0 Å². The molecule has 26 heavy (non-hydrogen) atoms. The third kappa shape index (κ3) is 5.81.